The molecule has 1 N–H and O–H groups in total. The molecule has 1 aromatic heterocycles. The number of aromatic nitrogens is 2. The fourth-order valence-corrected chi connectivity index (χ4v) is 3.14. The van der Waals surface area contributed by atoms with Gasteiger partial charge in [-0.3, -0.25) is 4.79 Å². The summed E-state index contributed by atoms with van der Waals surface area (Å²) >= 11 is 1.45. The molecule has 0 aliphatic carbocycles. The van der Waals surface area contributed by atoms with Gasteiger partial charge in [-0.1, -0.05) is 72.0 Å². The molecule has 3 rings (SSSR count). The van der Waals surface area contributed by atoms with Crippen LogP contribution < -0.4 is 5.32 Å². The number of nitrogens with zero attached hydrogens (tertiary/aromatic N) is 2. The lowest BCUT2D eigenvalue weighted by Crippen LogP contribution is -2.12. The molecular formula is C19H19N3OS. The Morgan fingerprint density at radius 1 is 0.833 bits per heavy atom. The molecule has 0 bridgehead atoms. The first kappa shape index (κ1) is 16.3. The summed E-state index contributed by atoms with van der Waals surface area (Å²) in [6.45, 7) is 0. The topological polar surface area (TPSA) is 54.9 Å². The molecule has 24 heavy (non-hydrogen) atoms. The summed E-state index contributed by atoms with van der Waals surface area (Å²) in [5, 5.41) is 12.6. The number of aryl methyl sites for hydroxylation is 3. The normalized spacial score (nSPS) is 10.5. The van der Waals surface area contributed by atoms with Crippen molar-refractivity contribution in [1.82, 2.24) is 10.2 Å². The highest BCUT2D eigenvalue weighted by atomic mass is 32.1. The van der Waals surface area contributed by atoms with Gasteiger partial charge in [0.15, 0.2) is 0 Å². The SMILES string of the molecule is O=C(CCc1ccccc1)Nc1nnc(CCc2ccccc2)s1. The highest BCUT2D eigenvalue weighted by Gasteiger charge is 2.08. The maximum atomic E-state index is 12.0. The Bertz CT molecular complexity index is 772. The number of carbonyl (C=O) groups excluding carboxylic acids is 1. The van der Waals surface area contributed by atoms with Crippen LogP contribution in [0.1, 0.15) is 22.6 Å². The van der Waals surface area contributed by atoms with E-state index < -0.39 is 0 Å². The van der Waals surface area contributed by atoms with Crippen molar-refractivity contribution in [2.45, 2.75) is 25.7 Å². The average molecular weight is 337 g/mol. The molecular weight excluding hydrogens is 318 g/mol. The first-order valence-corrected chi connectivity index (χ1v) is 8.81. The van der Waals surface area contributed by atoms with E-state index >= 15 is 0 Å². The first-order valence-electron chi connectivity index (χ1n) is 8.00. The van der Waals surface area contributed by atoms with E-state index in [0.29, 0.717) is 11.6 Å². The minimum Gasteiger partial charge on any atom is -0.301 e. The molecule has 1 heterocycles. The molecule has 1 amide bonds. The number of anilines is 1. The summed E-state index contributed by atoms with van der Waals surface area (Å²) in [5.41, 5.74) is 2.44. The molecule has 4 nitrogen and oxygen atoms in total. The number of nitrogens with one attached hydrogen (secondary N) is 1. The fraction of sp³-hybridized carbons (Fsp3) is 0.211. The summed E-state index contributed by atoms with van der Waals surface area (Å²) in [6, 6.07) is 20.3. The maximum absolute atomic E-state index is 12.0. The Kier molecular flexibility index (Phi) is 5.69. The van der Waals surface area contributed by atoms with E-state index in [4.69, 9.17) is 0 Å². The van der Waals surface area contributed by atoms with Crippen LogP contribution in [0.2, 0.25) is 0 Å². The zero-order valence-electron chi connectivity index (χ0n) is 13.3. The van der Waals surface area contributed by atoms with Crippen molar-refractivity contribution in [3.8, 4) is 0 Å². The number of benzene rings is 2. The second-order valence-electron chi connectivity index (χ2n) is 5.52. The van der Waals surface area contributed by atoms with E-state index in [0.717, 1.165) is 29.8 Å². The van der Waals surface area contributed by atoms with Crippen LogP contribution in [0.15, 0.2) is 60.7 Å². The first-order chi connectivity index (χ1) is 11.8. The lowest BCUT2D eigenvalue weighted by Gasteiger charge is -2.01. The van der Waals surface area contributed by atoms with Crippen molar-refractivity contribution in [3.05, 3.63) is 76.8 Å². The van der Waals surface area contributed by atoms with Crippen LogP contribution in [-0.4, -0.2) is 16.1 Å². The molecule has 0 aliphatic rings. The maximum Gasteiger partial charge on any atom is 0.226 e. The largest absolute Gasteiger partial charge is 0.301 e. The number of hydrogen-bond donors (Lipinski definition) is 1. The molecule has 122 valence electrons. The summed E-state index contributed by atoms with van der Waals surface area (Å²) < 4.78 is 0. The van der Waals surface area contributed by atoms with E-state index in [9.17, 15) is 4.79 Å². The third kappa shape index (κ3) is 4.99. The molecule has 5 heteroatoms. The quantitative estimate of drug-likeness (QED) is 0.711. The Hall–Kier alpha value is -2.53. The second-order valence-corrected chi connectivity index (χ2v) is 6.58. The molecule has 0 fully saturated rings. The van der Waals surface area contributed by atoms with Crippen molar-refractivity contribution in [3.63, 3.8) is 0 Å². The summed E-state index contributed by atoms with van der Waals surface area (Å²) in [7, 11) is 0. The van der Waals surface area contributed by atoms with Crippen LogP contribution in [0.3, 0.4) is 0 Å². The van der Waals surface area contributed by atoms with Crippen molar-refractivity contribution in [2.75, 3.05) is 5.32 Å². The van der Waals surface area contributed by atoms with Gasteiger partial charge < -0.3 is 5.32 Å². The van der Waals surface area contributed by atoms with E-state index in [1.54, 1.807) is 0 Å². The zero-order valence-corrected chi connectivity index (χ0v) is 14.1. The van der Waals surface area contributed by atoms with Crippen LogP contribution in [0, 0.1) is 0 Å². The van der Waals surface area contributed by atoms with Gasteiger partial charge in [0.05, 0.1) is 0 Å². The Morgan fingerprint density at radius 2 is 1.46 bits per heavy atom. The lowest BCUT2D eigenvalue weighted by molar-refractivity contribution is -0.116. The van der Waals surface area contributed by atoms with Crippen molar-refractivity contribution in [2.24, 2.45) is 0 Å². The van der Waals surface area contributed by atoms with E-state index in [2.05, 4.69) is 27.6 Å². The van der Waals surface area contributed by atoms with Crippen molar-refractivity contribution >= 4 is 22.4 Å². The third-order valence-electron chi connectivity index (χ3n) is 3.67. The molecule has 0 saturated carbocycles. The third-order valence-corrected chi connectivity index (χ3v) is 4.57. The van der Waals surface area contributed by atoms with Gasteiger partial charge in [0.1, 0.15) is 5.01 Å². The molecule has 3 aromatic rings. The van der Waals surface area contributed by atoms with Crippen LogP contribution in [0.4, 0.5) is 5.13 Å². The van der Waals surface area contributed by atoms with Gasteiger partial charge in [-0.05, 0) is 24.0 Å². The molecule has 0 spiro atoms. The molecule has 0 atom stereocenters. The minimum atomic E-state index is -0.0235. The monoisotopic (exact) mass is 337 g/mol. The zero-order chi connectivity index (χ0) is 16.6. The molecule has 2 aromatic carbocycles. The van der Waals surface area contributed by atoms with Gasteiger partial charge in [-0.25, -0.2) is 0 Å². The Morgan fingerprint density at radius 3 is 2.12 bits per heavy atom. The smallest absolute Gasteiger partial charge is 0.226 e. The predicted octanol–water partition coefficient (Wildman–Crippen LogP) is 3.89. The van der Waals surface area contributed by atoms with Crippen LogP contribution in [-0.2, 0) is 24.1 Å². The highest BCUT2D eigenvalue weighted by molar-refractivity contribution is 7.15. The van der Waals surface area contributed by atoms with Gasteiger partial charge in [0, 0.05) is 12.8 Å². The van der Waals surface area contributed by atoms with E-state index in [1.165, 1.54) is 16.9 Å². The number of amides is 1. The second kappa shape index (κ2) is 8.36. The summed E-state index contributed by atoms with van der Waals surface area (Å²) in [4.78, 5) is 12.0. The Balaban J connectivity index is 1.46. The number of carbonyl (C=O) groups is 1. The molecule has 0 aliphatic heterocycles. The predicted molar refractivity (Wildman–Crippen MR) is 97.2 cm³/mol. The summed E-state index contributed by atoms with van der Waals surface area (Å²) in [6.07, 6.45) is 2.94. The lowest BCUT2D eigenvalue weighted by atomic mass is 10.1. The van der Waals surface area contributed by atoms with Gasteiger partial charge in [-0.15, -0.1) is 10.2 Å². The minimum absolute atomic E-state index is 0.0235. The average Bonchev–Trinajstić information content (AvgIpc) is 3.07. The van der Waals surface area contributed by atoms with Crippen LogP contribution >= 0.6 is 11.3 Å². The summed E-state index contributed by atoms with van der Waals surface area (Å²) in [5.74, 6) is -0.0235. The fourth-order valence-electron chi connectivity index (χ4n) is 2.39. The highest BCUT2D eigenvalue weighted by Crippen LogP contribution is 2.17. The Labute approximate surface area is 145 Å². The van der Waals surface area contributed by atoms with Gasteiger partial charge in [0.2, 0.25) is 11.0 Å². The van der Waals surface area contributed by atoms with Crippen LogP contribution in [0.5, 0.6) is 0 Å². The molecule has 0 unspecified atom stereocenters. The van der Waals surface area contributed by atoms with E-state index in [-0.39, 0.29) is 5.91 Å². The van der Waals surface area contributed by atoms with E-state index in [1.807, 2.05) is 48.5 Å². The van der Waals surface area contributed by atoms with Crippen molar-refractivity contribution in [1.29, 1.82) is 0 Å². The number of rotatable bonds is 7. The molecule has 0 saturated heterocycles. The van der Waals surface area contributed by atoms with Gasteiger partial charge >= 0.3 is 0 Å². The standard InChI is InChI=1S/C19H19N3OS/c23-17(13-11-15-7-3-1-4-8-15)20-19-22-21-18(24-19)14-12-16-9-5-2-6-10-16/h1-10H,11-14H2,(H,20,22,23). The van der Waals surface area contributed by atoms with Gasteiger partial charge in [-0.2, -0.15) is 0 Å². The number of hydrogen-bond acceptors (Lipinski definition) is 4. The van der Waals surface area contributed by atoms with Crippen molar-refractivity contribution < 1.29 is 4.79 Å². The van der Waals surface area contributed by atoms with Crippen LogP contribution in [0.25, 0.3) is 0 Å². The van der Waals surface area contributed by atoms with Gasteiger partial charge in [0.25, 0.3) is 0 Å². The molecule has 0 radical (unpaired) electrons.